The van der Waals surface area contributed by atoms with E-state index in [1.807, 2.05) is 68.5 Å². The van der Waals surface area contributed by atoms with E-state index in [0.717, 1.165) is 11.1 Å². The molecule has 192 valence electrons. The highest BCUT2D eigenvalue weighted by Crippen LogP contribution is 2.20. The molecule has 0 bridgehead atoms. The van der Waals surface area contributed by atoms with Crippen LogP contribution in [0, 0.1) is 5.92 Å². The lowest BCUT2D eigenvalue weighted by Crippen LogP contribution is -2.43. The van der Waals surface area contributed by atoms with E-state index in [-0.39, 0.29) is 36.8 Å². The predicted octanol–water partition coefficient (Wildman–Crippen LogP) is 4.08. The van der Waals surface area contributed by atoms with Crippen LogP contribution in [-0.2, 0) is 25.7 Å². The van der Waals surface area contributed by atoms with Gasteiger partial charge in [0.05, 0.1) is 12.5 Å². The van der Waals surface area contributed by atoms with Crippen LogP contribution in [0.4, 0.5) is 0 Å². The Morgan fingerprint density at radius 1 is 1.06 bits per heavy atom. The van der Waals surface area contributed by atoms with Gasteiger partial charge in [-0.15, -0.1) is 0 Å². The maximum atomic E-state index is 13.1. The molecule has 0 spiro atoms. The van der Waals surface area contributed by atoms with Gasteiger partial charge in [0.25, 0.3) is 0 Å². The number of esters is 1. The molecule has 2 aromatic carbocycles. The smallest absolute Gasteiger partial charge is 0.324 e. The van der Waals surface area contributed by atoms with Crippen molar-refractivity contribution in [2.45, 2.75) is 57.8 Å². The maximum absolute atomic E-state index is 13.1. The highest BCUT2D eigenvalue weighted by Gasteiger charge is 2.27. The van der Waals surface area contributed by atoms with Gasteiger partial charge in [-0.3, -0.25) is 14.4 Å². The molecule has 0 radical (unpaired) electrons. The van der Waals surface area contributed by atoms with Gasteiger partial charge in [-0.2, -0.15) is 0 Å². The van der Waals surface area contributed by atoms with Crippen LogP contribution in [0.5, 0.6) is 0 Å². The summed E-state index contributed by atoms with van der Waals surface area (Å²) in [6, 6.07) is 16.2. The fourth-order valence-corrected chi connectivity index (χ4v) is 4.09. The quantitative estimate of drug-likeness (QED) is 0.384. The van der Waals surface area contributed by atoms with Gasteiger partial charge in [0.1, 0.15) is 12.1 Å². The second-order valence-electron chi connectivity index (χ2n) is 9.20. The van der Waals surface area contributed by atoms with Gasteiger partial charge in [0, 0.05) is 24.0 Å². The minimum absolute atomic E-state index is 0.0488. The molecule has 1 heterocycles. The van der Waals surface area contributed by atoms with Crippen LogP contribution in [-0.4, -0.2) is 36.4 Å². The van der Waals surface area contributed by atoms with E-state index in [2.05, 4.69) is 16.0 Å². The van der Waals surface area contributed by atoms with Gasteiger partial charge < -0.3 is 20.7 Å². The standard InChI is InChI=1S/C28H34ClN3O4/c1-19(2)32-24-11-7-6-10-22(16-26(33)30-17-20-12-14-23(29)15-13-20)27(34)31-18-25(36-28(24)35)21-8-4-3-5-9-21/h3-9,12-15,19,22,24-25,32H,10-11,16-18H2,1-2H3,(H,30,33)(H,31,34)/b7-6+/t22-,24-,25-/m0/s1. The second kappa shape index (κ2) is 13.8. The fourth-order valence-electron chi connectivity index (χ4n) is 3.96. The van der Waals surface area contributed by atoms with Gasteiger partial charge >= 0.3 is 5.97 Å². The summed E-state index contributed by atoms with van der Waals surface area (Å²) >= 11 is 5.92. The van der Waals surface area contributed by atoms with Crippen molar-refractivity contribution in [3.8, 4) is 0 Å². The Morgan fingerprint density at radius 3 is 2.44 bits per heavy atom. The number of carbonyl (C=O) groups is 3. The van der Waals surface area contributed by atoms with E-state index in [1.165, 1.54) is 0 Å². The van der Waals surface area contributed by atoms with E-state index < -0.39 is 18.1 Å². The number of amides is 2. The first-order valence-electron chi connectivity index (χ1n) is 12.3. The van der Waals surface area contributed by atoms with Crippen LogP contribution in [0.2, 0.25) is 5.02 Å². The molecule has 1 aliphatic heterocycles. The van der Waals surface area contributed by atoms with Crippen molar-refractivity contribution in [1.82, 2.24) is 16.0 Å². The maximum Gasteiger partial charge on any atom is 0.324 e. The number of hydrogen-bond donors (Lipinski definition) is 3. The lowest BCUT2D eigenvalue weighted by Gasteiger charge is -2.25. The van der Waals surface area contributed by atoms with Gasteiger partial charge in [-0.25, -0.2) is 0 Å². The normalized spacial score (nSPS) is 22.1. The third kappa shape index (κ3) is 8.81. The number of rotatable bonds is 7. The Hall–Kier alpha value is -3.16. The van der Waals surface area contributed by atoms with Crippen molar-refractivity contribution in [3.63, 3.8) is 0 Å². The minimum Gasteiger partial charge on any atom is -0.454 e. The molecule has 0 unspecified atom stereocenters. The summed E-state index contributed by atoms with van der Waals surface area (Å²) in [7, 11) is 0. The van der Waals surface area contributed by atoms with Crippen LogP contribution in [0.15, 0.2) is 66.7 Å². The Kier molecular flexibility index (Phi) is 10.5. The fraction of sp³-hybridized carbons (Fsp3) is 0.393. The van der Waals surface area contributed by atoms with Crippen LogP contribution in [0.25, 0.3) is 0 Å². The van der Waals surface area contributed by atoms with Crippen molar-refractivity contribution < 1.29 is 19.1 Å². The number of cyclic esters (lactones) is 1. The predicted molar refractivity (Wildman–Crippen MR) is 140 cm³/mol. The zero-order valence-electron chi connectivity index (χ0n) is 20.7. The summed E-state index contributed by atoms with van der Waals surface area (Å²) in [5.41, 5.74) is 1.71. The van der Waals surface area contributed by atoms with Crippen LogP contribution in [0.1, 0.15) is 50.3 Å². The van der Waals surface area contributed by atoms with Crippen LogP contribution >= 0.6 is 11.6 Å². The highest BCUT2D eigenvalue weighted by atomic mass is 35.5. The topological polar surface area (TPSA) is 96.5 Å². The Balaban J connectivity index is 1.71. The summed E-state index contributed by atoms with van der Waals surface area (Å²) in [6.07, 6.45) is 3.95. The number of benzene rings is 2. The average molecular weight is 512 g/mol. The van der Waals surface area contributed by atoms with Crippen molar-refractivity contribution in [3.05, 3.63) is 82.9 Å². The molecule has 3 rings (SSSR count). The van der Waals surface area contributed by atoms with Crippen LogP contribution in [0.3, 0.4) is 0 Å². The first-order valence-corrected chi connectivity index (χ1v) is 12.6. The zero-order valence-corrected chi connectivity index (χ0v) is 21.5. The lowest BCUT2D eigenvalue weighted by molar-refractivity contribution is -0.152. The van der Waals surface area contributed by atoms with Gasteiger partial charge in [-0.05, 0) is 36.1 Å². The van der Waals surface area contributed by atoms with Gasteiger partial charge in [-0.1, -0.05) is 80.1 Å². The first-order chi connectivity index (χ1) is 17.3. The molecule has 2 amide bonds. The summed E-state index contributed by atoms with van der Waals surface area (Å²) in [5, 5.41) is 9.66. The third-order valence-corrected chi connectivity index (χ3v) is 6.13. The molecular formula is C28H34ClN3O4. The molecule has 0 aliphatic carbocycles. The minimum atomic E-state index is -0.637. The van der Waals surface area contributed by atoms with Crippen LogP contribution < -0.4 is 16.0 Å². The third-order valence-electron chi connectivity index (χ3n) is 5.88. The molecule has 0 saturated carbocycles. The van der Waals surface area contributed by atoms with Crippen molar-refractivity contribution in [2.75, 3.05) is 6.54 Å². The van der Waals surface area contributed by atoms with E-state index in [0.29, 0.717) is 24.4 Å². The van der Waals surface area contributed by atoms with E-state index >= 15 is 0 Å². The summed E-state index contributed by atoms with van der Waals surface area (Å²) in [6.45, 7) is 4.42. The highest BCUT2D eigenvalue weighted by molar-refractivity contribution is 6.30. The molecule has 7 nitrogen and oxygen atoms in total. The number of nitrogens with one attached hydrogen (secondary N) is 3. The summed E-state index contributed by atoms with van der Waals surface area (Å²) in [4.78, 5) is 38.7. The average Bonchev–Trinajstić information content (AvgIpc) is 2.86. The molecule has 2 aromatic rings. The Labute approximate surface area is 217 Å². The Morgan fingerprint density at radius 2 is 1.75 bits per heavy atom. The molecule has 36 heavy (non-hydrogen) atoms. The second-order valence-corrected chi connectivity index (χ2v) is 9.64. The molecule has 0 aromatic heterocycles. The van der Waals surface area contributed by atoms with Crippen molar-refractivity contribution in [2.24, 2.45) is 5.92 Å². The SMILES string of the molecule is CC(C)N[C@H]1C/C=C/C[C@@H](CC(=O)NCc2ccc(Cl)cc2)C(=O)NC[C@@H](c2ccccc2)OC1=O. The number of allylic oxidation sites excluding steroid dienone is 1. The van der Waals surface area contributed by atoms with Crippen molar-refractivity contribution >= 4 is 29.4 Å². The van der Waals surface area contributed by atoms with E-state index in [9.17, 15) is 14.4 Å². The molecule has 1 aliphatic rings. The number of carbonyl (C=O) groups excluding carboxylic acids is 3. The molecule has 3 atom stereocenters. The summed E-state index contributed by atoms with van der Waals surface area (Å²) in [5.74, 6) is -1.38. The zero-order chi connectivity index (χ0) is 25.9. The molecule has 0 fully saturated rings. The summed E-state index contributed by atoms with van der Waals surface area (Å²) < 4.78 is 5.84. The number of ether oxygens (including phenoxy) is 1. The molecule has 8 heteroatoms. The molecule has 3 N–H and O–H groups in total. The first kappa shape index (κ1) is 27.4. The van der Waals surface area contributed by atoms with Gasteiger partial charge in [0.2, 0.25) is 11.8 Å². The van der Waals surface area contributed by atoms with E-state index in [1.54, 1.807) is 12.1 Å². The number of halogens is 1. The van der Waals surface area contributed by atoms with Gasteiger partial charge in [0.15, 0.2) is 0 Å². The van der Waals surface area contributed by atoms with Crippen molar-refractivity contribution in [1.29, 1.82) is 0 Å². The largest absolute Gasteiger partial charge is 0.454 e. The molecule has 0 saturated heterocycles. The Bertz CT molecular complexity index is 1040. The van der Waals surface area contributed by atoms with E-state index in [4.69, 9.17) is 16.3 Å². The lowest BCUT2D eigenvalue weighted by atomic mass is 9.98. The monoisotopic (exact) mass is 511 g/mol. The number of hydrogen-bond acceptors (Lipinski definition) is 5. The molecular weight excluding hydrogens is 478 g/mol.